The number of amides is 1. The molecule has 180 valence electrons. The van der Waals surface area contributed by atoms with E-state index in [1.807, 2.05) is 30.0 Å². The molecule has 0 spiro atoms. The monoisotopic (exact) mass is 468 g/mol. The Balaban J connectivity index is 1.90. The number of hydrogen-bond acceptors (Lipinski definition) is 3. The van der Waals surface area contributed by atoms with Gasteiger partial charge in [-0.05, 0) is 62.3 Å². The van der Waals surface area contributed by atoms with Crippen LogP contribution in [0.1, 0.15) is 73.4 Å². The van der Waals surface area contributed by atoms with Crippen molar-refractivity contribution in [1.82, 2.24) is 4.57 Å². The van der Waals surface area contributed by atoms with Crippen molar-refractivity contribution >= 4 is 33.9 Å². The second-order valence-corrected chi connectivity index (χ2v) is 10.0. The maximum absolute atomic E-state index is 14.2. The topological polar surface area (TPSA) is 59.4 Å². The van der Waals surface area contributed by atoms with Gasteiger partial charge in [-0.2, -0.15) is 0 Å². The second kappa shape index (κ2) is 8.95. The Labute approximate surface area is 206 Å². The average molecular weight is 469 g/mol. The van der Waals surface area contributed by atoms with E-state index < -0.39 is 0 Å². The SMILES string of the molecule is C=C(C)C(=O)N(c1cc(C)c2c3c(cc(=O)n2C)C2=CCC/C=C\C=C/2C(=O)c13)C1CCCCC1. The van der Waals surface area contributed by atoms with E-state index in [1.165, 1.54) is 0 Å². The molecule has 3 aliphatic rings. The standard InChI is InChI=1S/C30H32N2O3/c1-18(2)30(35)32(20-12-8-7-9-13-20)24-16-19(3)28-26-23(17-25(33)31(28)4)21-14-10-5-6-11-15-22(21)29(34)27(24)26/h6,11,14-17,20H,1,5,7-10,12-13H2,2-4H3/b11-6-,21-14?,22-15+. The number of ketones is 1. The number of aromatic nitrogens is 1. The van der Waals surface area contributed by atoms with Crippen LogP contribution >= 0.6 is 0 Å². The van der Waals surface area contributed by atoms with Crippen LogP contribution in [-0.4, -0.2) is 22.3 Å². The summed E-state index contributed by atoms with van der Waals surface area (Å²) >= 11 is 0. The minimum absolute atomic E-state index is 0.0213. The molecular formula is C30H32N2O3. The minimum Gasteiger partial charge on any atom is -0.311 e. The first-order valence-electron chi connectivity index (χ1n) is 12.6. The number of fused-ring (bicyclic) bond motifs is 2. The van der Waals surface area contributed by atoms with Gasteiger partial charge in [-0.1, -0.05) is 50.1 Å². The highest BCUT2D eigenvalue weighted by atomic mass is 16.2. The molecule has 3 aliphatic carbocycles. The molecule has 35 heavy (non-hydrogen) atoms. The third-order valence-corrected chi connectivity index (χ3v) is 7.59. The Morgan fingerprint density at radius 3 is 2.54 bits per heavy atom. The minimum atomic E-state index is -0.140. The van der Waals surface area contributed by atoms with Gasteiger partial charge in [-0.25, -0.2) is 0 Å². The Hall–Kier alpha value is -3.47. The molecule has 1 aromatic carbocycles. The van der Waals surface area contributed by atoms with E-state index in [2.05, 4.69) is 18.7 Å². The number of hydrogen-bond donors (Lipinski definition) is 0. The lowest BCUT2D eigenvalue weighted by Crippen LogP contribution is -2.43. The molecule has 5 rings (SSSR count). The maximum atomic E-state index is 14.2. The molecule has 1 heterocycles. The lowest BCUT2D eigenvalue weighted by atomic mass is 9.78. The van der Waals surface area contributed by atoms with Crippen LogP contribution < -0.4 is 10.5 Å². The van der Waals surface area contributed by atoms with Crippen LogP contribution in [0.5, 0.6) is 0 Å². The van der Waals surface area contributed by atoms with Crippen molar-refractivity contribution in [2.45, 2.75) is 64.8 Å². The van der Waals surface area contributed by atoms with Crippen LogP contribution in [-0.2, 0) is 11.8 Å². The molecule has 1 amide bonds. The first-order chi connectivity index (χ1) is 16.8. The predicted molar refractivity (Wildman–Crippen MR) is 142 cm³/mol. The molecule has 5 nitrogen and oxygen atoms in total. The quantitative estimate of drug-likeness (QED) is 0.524. The van der Waals surface area contributed by atoms with Gasteiger partial charge in [-0.15, -0.1) is 0 Å². The van der Waals surface area contributed by atoms with Crippen molar-refractivity contribution < 1.29 is 9.59 Å². The van der Waals surface area contributed by atoms with Gasteiger partial charge in [0.25, 0.3) is 11.5 Å². The first-order valence-corrected chi connectivity index (χ1v) is 12.6. The van der Waals surface area contributed by atoms with Crippen LogP contribution in [0.2, 0.25) is 0 Å². The van der Waals surface area contributed by atoms with Gasteiger partial charge in [0.1, 0.15) is 0 Å². The van der Waals surface area contributed by atoms with Gasteiger partial charge in [0.05, 0.1) is 16.8 Å². The van der Waals surface area contributed by atoms with Crippen molar-refractivity contribution in [3.8, 4) is 0 Å². The van der Waals surface area contributed by atoms with E-state index in [4.69, 9.17) is 0 Å². The lowest BCUT2D eigenvalue weighted by Gasteiger charge is -2.37. The van der Waals surface area contributed by atoms with Gasteiger partial charge in [0.2, 0.25) is 0 Å². The van der Waals surface area contributed by atoms with E-state index >= 15 is 0 Å². The summed E-state index contributed by atoms with van der Waals surface area (Å²) in [5.74, 6) is -0.233. The number of anilines is 1. The molecule has 0 N–H and O–H groups in total. The number of aryl methyl sites for hydroxylation is 2. The zero-order valence-electron chi connectivity index (χ0n) is 20.8. The number of carbonyl (C=O) groups excluding carboxylic acids is 2. The number of rotatable bonds is 3. The first kappa shape index (κ1) is 23.3. The summed E-state index contributed by atoms with van der Waals surface area (Å²) in [6, 6.07) is 3.60. The molecular weight excluding hydrogens is 436 g/mol. The third-order valence-electron chi connectivity index (χ3n) is 7.59. The van der Waals surface area contributed by atoms with E-state index in [0.29, 0.717) is 22.4 Å². The molecule has 1 saturated carbocycles. The van der Waals surface area contributed by atoms with E-state index in [9.17, 15) is 14.4 Å². The zero-order chi connectivity index (χ0) is 24.9. The highest BCUT2D eigenvalue weighted by Gasteiger charge is 2.37. The number of allylic oxidation sites excluding steroid dienone is 6. The van der Waals surface area contributed by atoms with Crippen molar-refractivity contribution in [3.05, 3.63) is 81.2 Å². The number of nitrogens with zero attached hydrogens (tertiary/aromatic N) is 2. The largest absolute Gasteiger partial charge is 0.311 e. The molecule has 1 aromatic heterocycles. The molecule has 2 aromatic rings. The van der Waals surface area contributed by atoms with Gasteiger partial charge in [-0.3, -0.25) is 14.4 Å². The number of Topliss-reactive ketones (excluding diaryl/α,β-unsaturated/α-hetero) is 1. The number of carbonyl (C=O) groups is 2. The highest BCUT2D eigenvalue weighted by molar-refractivity contribution is 6.32. The molecule has 0 atom stereocenters. The maximum Gasteiger partial charge on any atom is 0.253 e. The summed E-state index contributed by atoms with van der Waals surface area (Å²) in [5, 5.41) is 0.773. The van der Waals surface area contributed by atoms with Crippen LogP contribution in [0.25, 0.3) is 16.5 Å². The molecule has 0 radical (unpaired) electrons. The summed E-state index contributed by atoms with van der Waals surface area (Å²) in [6.45, 7) is 7.64. The zero-order valence-corrected chi connectivity index (χ0v) is 20.8. The Kier molecular flexibility index (Phi) is 5.96. The second-order valence-electron chi connectivity index (χ2n) is 10.0. The van der Waals surface area contributed by atoms with E-state index in [0.717, 1.165) is 72.5 Å². The molecule has 1 fully saturated rings. The third kappa shape index (κ3) is 3.74. The van der Waals surface area contributed by atoms with Gasteiger partial charge < -0.3 is 9.47 Å². The van der Waals surface area contributed by atoms with Gasteiger partial charge in [0, 0.05) is 35.7 Å². The fourth-order valence-electron chi connectivity index (χ4n) is 5.91. The normalized spacial score (nSPS) is 20.3. The fourth-order valence-corrected chi connectivity index (χ4v) is 5.91. The van der Waals surface area contributed by atoms with E-state index in [1.54, 1.807) is 24.6 Å². The van der Waals surface area contributed by atoms with E-state index in [-0.39, 0.29) is 23.3 Å². The van der Waals surface area contributed by atoms with Gasteiger partial charge >= 0.3 is 0 Å². The van der Waals surface area contributed by atoms with Crippen LogP contribution in [0, 0.1) is 6.92 Å². The van der Waals surface area contributed by atoms with Crippen LogP contribution in [0.3, 0.4) is 0 Å². The summed E-state index contributed by atoms with van der Waals surface area (Å²) in [7, 11) is 1.75. The summed E-state index contributed by atoms with van der Waals surface area (Å²) in [5.41, 5.74) is 5.34. The smallest absolute Gasteiger partial charge is 0.253 e. The van der Waals surface area contributed by atoms with Crippen molar-refractivity contribution in [1.29, 1.82) is 0 Å². The summed E-state index contributed by atoms with van der Waals surface area (Å²) < 4.78 is 1.62. The molecule has 0 bridgehead atoms. The van der Waals surface area contributed by atoms with Gasteiger partial charge in [0.15, 0.2) is 5.78 Å². The molecule has 5 heteroatoms. The average Bonchev–Trinajstić information content (AvgIpc) is 2.81. The Bertz CT molecular complexity index is 1430. The highest BCUT2D eigenvalue weighted by Crippen LogP contribution is 2.45. The summed E-state index contributed by atoms with van der Waals surface area (Å²) in [6.07, 6.45) is 14.7. The summed E-state index contributed by atoms with van der Waals surface area (Å²) in [4.78, 5) is 42.7. The lowest BCUT2D eigenvalue weighted by molar-refractivity contribution is -0.115. The van der Waals surface area contributed by atoms with Crippen molar-refractivity contribution in [2.75, 3.05) is 4.90 Å². The predicted octanol–water partition coefficient (Wildman–Crippen LogP) is 5.94. The van der Waals surface area contributed by atoms with Crippen LogP contribution in [0.4, 0.5) is 5.69 Å². The van der Waals surface area contributed by atoms with Crippen LogP contribution in [0.15, 0.2) is 59.0 Å². The molecule has 0 unspecified atom stereocenters. The molecule has 0 aliphatic heterocycles. The number of pyridine rings is 1. The van der Waals surface area contributed by atoms with Crippen molar-refractivity contribution in [3.63, 3.8) is 0 Å². The van der Waals surface area contributed by atoms with Crippen molar-refractivity contribution in [2.24, 2.45) is 7.05 Å². The number of benzene rings is 1. The Morgan fingerprint density at radius 2 is 1.83 bits per heavy atom. The fraction of sp³-hybridized carbons (Fsp3) is 0.367. The Morgan fingerprint density at radius 1 is 1.09 bits per heavy atom. The molecule has 0 saturated heterocycles.